The summed E-state index contributed by atoms with van der Waals surface area (Å²) >= 11 is 0. The van der Waals surface area contributed by atoms with Gasteiger partial charge in [-0.1, -0.05) is 60.2 Å². The van der Waals surface area contributed by atoms with Crippen LogP contribution in [-0.4, -0.2) is 16.7 Å². The largest absolute Gasteiger partial charge is 0.450 e. The molecule has 3 heterocycles. The van der Waals surface area contributed by atoms with Crippen LogP contribution >= 0.6 is 0 Å². The average Bonchev–Trinajstić information content (AvgIpc) is 3.35. The minimum atomic E-state index is -1.87. The number of nitrogens with zero attached hydrogens (tertiary/aromatic N) is 2. The molecular formula is C33H22F2N2O4. The number of carbonyl (C=O) groups excluding carboxylic acids is 2. The molecule has 0 radical (unpaired) electrons. The van der Waals surface area contributed by atoms with Crippen molar-refractivity contribution in [2.45, 2.75) is 25.6 Å². The molecular weight excluding hydrogens is 526 g/mol. The first-order valence-corrected chi connectivity index (χ1v) is 13.1. The van der Waals surface area contributed by atoms with E-state index in [0.29, 0.717) is 16.8 Å². The average molecular weight is 549 g/mol. The Morgan fingerprint density at radius 2 is 1.54 bits per heavy atom. The topological polar surface area (TPSA) is 70.8 Å². The molecule has 202 valence electrons. The number of fused-ring (bicyclic) bond motifs is 5. The number of amides is 2. The molecule has 1 spiro atoms. The maximum Gasteiger partial charge on any atom is 0.291 e. The van der Waals surface area contributed by atoms with Crippen molar-refractivity contribution in [3.63, 3.8) is 0 Å². The molecule has 0 N–H and O–H groups in total. The summed E-state index contributed by atoms with van der Waals surface area (Å²) in [5.41, 5.74) is 0.788. The van der Waals surface area contributed by atoms with Gasteiger partial charge < -0.3 is 14.2 Å². The van der Waals surface area contributed by atoms with Crippen LogP contribution in [-0.2, 0) is 23.4 Å². The molecule has 0 bridgehead atoms. The molecule has 1 unspecified atom stereocenters. The highest BCUT2D eigenvalue weighted by molar-refractivity contribution is 6.17. The van der Waals surface area contributed by atoms with Crippen molar-refractivity contribution in [2.24, 2.45) is 0 Å². The highest BCUT2D eigenvalue weighted by atomic mass is 19.1. The number of rotatable bonds is 4. The van der Waals surface area contributed by atoms with Crippen LogP contribution < -0.4 is 10.3 Å². The Balaban J connectivity index is 1.51. The molecule has 5 aromatic rings. The van der Waals surface area contributed by atoms with Crippen molar-refractivity contribution >= 4 is 28.5 Å². The molecule has 0 saturated carbocycles. The second-order valence-electron chi connectivity index (χ2n) is 10.4. The molecule has 1 aromatic heterocycles. The van der Waals surface area contributed by atoms with Gasteiger partial charge in [-0.3, -0.25) is 14.4 Å². The van der Waals surface area contributed by atoms with Gasteiger partial charge in [0, 0.05) is 12.1 Å². The van der Waals surface area contributed by atoms with E-state index >= 15 is 0 Å². The number of benzene rings is 4. The van der Waals surface area contributed by atoms with Crippen molar-refractivity contribution in [1.82, 2.24) is 4.90 Å². The molecule has 2 amide bonds. The summed E-state index contributed by atoms with van der Waals surface area (Å²) in [6.07, 6.45) is 0. The fraction of sp³-hybridized carbons (Fsp3) is 0.121. The number of hydrogen-bond donors (Lipinski definition) is 0. The second kappa shape index (κ2) is 8.96. The van der Waals surface area contributed by atoms with Gasteiger partial charge in [-0.05, 0) is 54.4 Å². The summed E-state index contributed by atoms with van der Waals surface area (Å²) in [6, 6.07) is 23.8. The highest BCUT2D eigenvalue weighted by Gasteiger charge is 2.65. The fourth-order valence-corrected chi connectivity index (χ4v) is 6.11. The number of halogens is 2. The number of para-hydroxylation sites is 1. The molecule has 0 aliphatic carbocycles. The lowest BCUT2D eigenvalue weighted by atomic mass is 9.83. The van der Waals surface area contributed by atoms with E-state index in [4.69, 9.17) is 4.42 Å². The lowest BCUT2D eigenvalue weighted by Gasteiger charge is -2.34. The first kappa shape index (κ1) is 24.9. The van der Waals surface area contributed by atoms with Gasteiger partial charge in [0.15, 0.2) is 11.0 Å². The van der Waals surface area contributed by atoms with Gasteiger partial charge >= 0.3 is 0 Å². The Morgan fingerprint density at radius 1 is 0.780 bits per heavy atom. The van der Waals surface area contributed by atoms with Crippen LogP contribution in [0.5, 0.6) is 0 Å². The standard InChI is InChI=1S/C33H22F2N2O4/c1-19-5-4-6-21(15-19)17-36-26-8-3-2-7-25(26)33(32(36)40)28-29(38)24-16-23(35)13-14-27(24)41-30(28)31(39)37(33)18-20-9-11-22(34)12-10-20/h2-16H,17-18H2,1H3. The van der Waals surface area contributed by atoms with Gasteiger partial charge in [0.25, 0.3) is 11.8 Å². The molecule has 8 heteroatoms. The van der Waals surface area contributed by atoms with Gasteiger partial charge in [0.2, 0.25) is 5.76 Å². The van der Waals surface area contributed by atoms with Gasteiger partial charge in [-0.25, -0.2) is 8.78 Å². The maximum absolute atomic E-state index is 14.8. The third kappa shape index (κ3) is 3.57. The second-order valence-corrected chi connectivity index (χ2v) is 10.4. The molecule has 0 saturated heterocycles. The third-order valence-electron chi connectivity index (χ3n) is 7.87. The summed E-state index contributed by atoms with van der Waals surface area (Å²) in [4.78, 5) is 46.0. The summed E-state index contributed by atoms with van der Waals surface area (Å²) in [5.74, 6) is -2.52. The first-order chi connectivity index (χ1) is 19.8. The van der Waals surface area contributed by atoms with Crippen LogP contribution in [0.3, 0.4) is 0 Å². The quantitative estimate of drug-likeness (QED) is 0.284. The Kier molecular flexibility index (Phi) is 5.44. The van der Waals surface area contributed by atoms with E-state index in [-0.39, 0.29) is 35.4 Å². The highest BCUT2D eigenvalue weighted by Crippen LogP contribution is 2.53. The van der Waals surface area contributed by atoms with Crippen LogP contribution in [0.4, 0.5) is 14.5 Å². The summed E-state index contributed by atoms with van der Waals surface area (Å²) in [7, 11) is 0. The van der Waals surface area contributed by atoms with E-state index in [1.54, 1.807) is 29.2 Å². The molecule has 1 atom stereocenters. The van der Waals surface area contributed by atoms with Gasteiger partial charge in [0.05, 0.1) is 23.2 Å². The van der Waals surface area contributed by atoms with E-state index in [9.17, 15) is 23.2 Å². The van der Waals surface area contributed by atoms with E-state index in [1.807, 2.05) is 31.2 Å². The number of anilines is 1. The SMILES string of the molecule is Cc1cccc(CN2C(=O)C3(c4ccccc42)c2c(oc4ccc(F)cc4c2=O)C(=O)N3Cc2ccc(F)cc2)c1. The lowest BCUT2D eigenvalue weighted by molar-refractivity contribution is -0.126. The van der Waals surface area contributed by atoms with Crippen LogP contribution in [0.25, 0.3) is 11.0 Å². The van der Waals surface area contributed by atoms with Crippen LogP contribution in [0.2, 0.25) is 0 Å². The number of aryl methyl sites for hydroxylation is 1. The Bertz CT molecular complexity index is 1970. The van der Waals surface area contributed by atoms with Gasteiger partial charge in [-0.15, -0.1) is 0 Å². The summed E-state index contributed by atoms with van der Waals surface area (Å²) in [5, 5.41) is -0.0676. The van der Waals surface area contributed by atoms with Crippen molar-refractivity contribution in [2.75, 3.05) is 4.90 Å². The first-order valence-electron chi connectivity index (χ1n) is 13.1. The van der Waals surface area contributed by atoms with Crippen LogP contribution in [0, 0.1) is 18.6 Å². The molecule has 7 rings (SSSR count). The van der Waals surface area contributed by atoms with Gasteiger partial charge in [0.1, 0.15) is 17.2 Å². The summed E-state index contributed by atoms with van der Waals surface area (Å²) in [6.45, 7) is 2.04. The lowest BCUT2D eigenvalue weighted by Crippen LogP contribution is -2.52. The van der Waals surface area contributed by atoms with Crippen molar-refractivity contribution in [1.29, 1.82) is 0 Å². The van der Waals surface area contributed by atoms with Crippen molar-refractivity contribution in [3.8, 4) is 0 Å². The monoisotopic (exact) mass is 548 g/mol. The zero-order chi connectivity index (χ0) is 28.5. The molecule has 2 aliphatic heterocycles. The molecule has 0 fully saturated rings. The van der Waals surface area contributed by atoms with Crippen LogP contribution in [0.1, 0.15) is 38.4 Å². The number of carbonyl (C=O) groups is 2. The van der Waals surface area contributed by atoms with E-state index in [0.717, 1.165) is 23.3 Å². The minimum absolute atomic E-state index is 0.0395. The molecule has 2 aliphatic rings. The predicted molar refractivity (Wildman–Crippen MR) is 148 cm³/mol. The minimum Gasteiger partial charge on any atom is -0.450 e. The number of hydrogen-bond acceptors (Lipinski definition) is 4. The van der Waals surface area contributed by atoms with E-state index in [2.05, 4.69) is 0 Å². The Hall–Kier alpha value is -5.11. The maximum atomic E-state index is 14.8. The molecule has 6 nitrogen and oxygen atoms in total. The fourth-order valence-electron chi connectivity index (χ4n) is 6.11. The Morgan fingerprint density at radius 3 is 2.32 bits per heavy atom. The molecule has 4 aromatic carbocycles. The smallest absolute Gasteiger partial charge is 0.291 e. The normalized spacial score (nSPS) is 17.5. The van der Waals surface area contributed by atoms with E-state index in [1.165, 1.54) is 35.2 Å². The van der Waals surface area contributed by atoms with E-state index < -0.39 is 34.4 Å². The predicted octanol–water partition coefficient (Wildman–Crippen LogP) is 5.83. The zero-order valence-corrected chi connectivity index (χ0v) is 21.9. The Labute approximate surface area is 233 Å². The van der Waals surface area contributed by atoms with Gasteiger partial charge in [-0.2, -0.15) is 0 Å². The van der Waals surface area contributed by atoms with Crippen molar-refractivity contribution in [3.05, 3.63) is 146 Å². The van der Waals surface area contributed by atoms with Crippen LogP contribution in [0.15, 0.2) is 100 Å². The van der Waals surface area contributed by atoms with Crippen molar-refractivity contribution < 1.29 is 22.8 Å². The summed E-state index contributed by atoms with van der Waals surface area (Å²) < 4.78 is 34.0. The molecule has 41 heavy (non-hydrogen) atoms. The third-order valence-corrected chi connectivity index (χ3v) is 7.87. The zero-order valence-electron chi connectivity index (χ0n) is 21.9.